The van der Waals surface area contributed by atoms with E-state index in [0.29, 0.717) is 22.8 Å². The van der Waals surface area contributed by atoms with Crippen LogP contribution in [0.1, 0.15) is 31.5 Å². The number of rotatable bonds is 4. The standard InChI is InChI=1S/C13H13N3O2S/c1-8(2)12-16-15-11(18-12)7-19-13-14-9-5-3-4-6-10(9)17-13/h3-6,8H,7H2,1-2H3. The van der Waals surface area contributed by atoms with E-state index in [1.54, 1.807) is 0 Å². The van der Waals surface area contributed by atoms with Gasteiger partial charge in [-0.05, 0) is 12.1 Å². The van der Waals surface area contributed by atoms with Crippen molar-refractivity contribution in [1.82, 2.24) is 15.2 Å². The van der Waals surface area contributed by atoms with Crippen molar-refractivity contribution in [3.63, 3.8) is 0 Å². The van der Waals surface area contributed by atoms with E-state index in [-0.39, 0.29) is 5.92 Å². The predicted octanol–water partition coefficient (Wildman–Crippen LogP) is 3.63. The number of hydrogen-bond acceptors (Lipinski definition) is 6. The second-order valence-electron chi connectivity index (χ2n) is 4.42. The van der Waals surface area contributed by atoms with E-state index in [1.165, 1.54) is 11.8 Å². The summed E-state index contributed by atoms with van der Waals surface area (Å²) >= 11 is 1.45. The van der Waals surface area contributed by atoms with Crippen LogP contribution >= 0.6 is 11.8 Å². The maximum Gasteiger partial charge on any atom is 0.257 e. The summed E-state index contributed by atoms with van der Waals surface area (Å²) in [5, 5.41) is 8.61. The van der Waals surface area contributed by atoms with Gasteiger partial charge in [0.1, 0.15) is 5.52 Å². The summed E-state index contributed by atoms with van der Waals surface area (Å²) in [5.41, 5.74) is 1.65. The number of hydrogen-bond donors (Lipinski definition) is 0. The molecule has 1 aromatic carbocycles. The van der Waals surface area contributed by atoms with E-state index in [2.05, 4.69) is 15.2 Å². The Bertz CT molecular complexity index is 657. The molecule has 0 saturated carbocycles. The smallest absolute Gasteiger partial charge is 0.257 e. The van der Waals surface area contributed by atoms with Crippen molar-refractivity contribution in [3.05, 3.63) is 36.0 Å². The van der Waals surface area contributed by atoms with Gasteiger partial charge in [-0.3, -0.25) is 0 Å². The Hall–Kier alpha value is -1.82. The van der Waals surface area contributed by atoms with Gasteiger partial charge in [0, 0.05) is 5.92 Å². The van der Waals surface area contributed by atoms with Crippen LogP contribution in [0.3, 0.4) is 0 Å². The zero-order chi connectivity index (χ0) is 13.2. The molecule has 5 nitrogen and oxygen atoms in total. The van der Waals surface area contributed by atoms with Crippen LogP contribution in [-0.2, 0) is 5.75 Å². The van der Waals surface area contributed by atoms with Crippen molar-refractivity contribution >= 4 is 22.9 Å². The Balaban J connectivity index is 1.71. The third kappa shape index (κ3) is 2.63. The van der Waals surface area contributed by atoms with Crippen molar-refractivity contribution in [3.8, 4) is 0 Å². The van der Waals surface area contributed by atoms with Crippen LogP contribution in [0.15, 0.2) is 38.3 Å². The number of oxazole rings is 1. The zero-order valence-electron chi connectivity index (χ0n) is 10.7. The Morgan fingerprint density at radius 1 is 1.16 bits per heavy atom. The van der Waals surface area contributed by atoms with Gasteiger partial charge < -0.3 is 8.83 Å². The highest BCUT2D eigenvalue weighted by atomic mass is 32.2. The molecule has 98 valence electrons. The van der Waals surface area contributed by atoms with Gasteiger partial charge >= 0.3 is 0 Å². The molecule has 0 amide bonds. The van der Waals surface area contributed by atoms with Crippen LogP contribution in [0.25, 0.3) is 11.1 Å². The maximum absolute atomic E-state index is 5.61. The van der Waals surface area contributed by atoms with E-state index >= 15 is 0 Å². The van der Waals surface area contributed by atoms with Gasteiger partial charge in [0.2, 0.25) is 11.8 Å². The number of fused-ring (bicyclic) bond motifs is 1. The summed E-state index contributed by atoms with van der Waals surface area (Å²) in [5.74, 6) is 2.06. The summed E-state index contributed by atoms with van der Waals surface area (Å²) < 4.78 is 11.1. The molecule has 6 heteroatoms. The molecule has 0 atom stereocenters. The minimum Gasteiger partial charge on any atom is -0.431 e. The molecule has 3 rings (SSSR count). The molecule has 0 aliphatic heterocycles. The molecular formula is C13H13N3O2S. The molecular weight excluding hydrogens is 262 g/mol. The summed E-state index contributed by atoms with van der Waals surface area (Å²) in [7, 11) is 0. The first-order valence-electron chi connectivity index (χ1n) is 6.03. The Morgan fingerprint density at radius 3 is 2.74 bits per heavy atom. The van der Waals surface area contributed by atoms with E-state index in [1.807, 2.05) is 38.1 Å². The first-order valence-corrected chi connectivity index (χ1v) is 7.01. The lowest BCUT2D eigenvalue weighted by Gasteiger charge is -1.94. The van der Waals surface area contributed by atoms with Crippen molar-refractivity contribution in [1.29, 1.82) is 0 Å². The minimum absolute atomic E-state index is 0.246. The second-order valence-corrected chi connectivity index (χ2v) is 5.35. The molecule has 0 bridgehead atoms. The van der Waals surface area contributed by atoms with Crippen molar-refractivity contribution in [2.45, 2.75) is 30.7 Å². The lowest BCUT2D eigenvalue weighted by Crippen LogP contribution is -1.85. The maximum atomic E-state index is 5.61. The van der Waals surface area contributed by atoms with Crippen LogP contribution in [0.4, 0.5) is 0 Å². The van der Waals surface area contributed by atoms with E-state index in [4.69, 9.17) is 8.83 Å². The zero-order valence-corrected chi connectivity index (χ0v) is 11.5. The molecule has 0 aliphatic carbocycles. The lowest BCUT2D eigenvalue weighted by atomic mass is 10.2. The van der Waals surface area contributed by atoms with Crippen LogP contribution < -0.4 is 0 Å². The molecule has 19 heavy (non-hydrogen) atoms. The van der Waals surface area contributed by atoms with Crippen molar-refractivity contribution in [2.24, 2.45) is 0 Å². The number of para-hydroxylation sites is 2. The Kier molecular flexibility index (Phi) is 3.25. The lowest BCUT2D eigenvalue weighted by molar-refractivity contribution is 0.443. The summed E-state index contributed by atoms with van der Waals surface area (Å²) in [6.07, 6.45) is 0. The fraction of sp³-hybridized carbons (Fsp3) is 0.308. The average molecular weight is 275 g/mol. The fourth-order valence-electron chi connectivity index (χ4n) is 1.59. The summed E-state index contributed by atoms with van der Waals surface area (Å²) in [6, 6.07) is 7.68. The van der Waals surface area contributed by atoms with E-state index < -0.39 is 0 Å². The molecule has 0 aliphatic rings. The average Bonchev–Trinajstić information content (AvgIpc) is 3.02. The number of aromatic nitrogens is 3. The minimum atomic E-state index is 0.246. The van der Waals surface area contributed by atoms with Gasteiger partial charge in [0.25, 0.3) is 5.22 Å². The molecule has 0 radical (unpaired) electrons. The van der Waals surface area contributed by atoms with E-state index in [9.17, 15) is 0 Å². The van der Waals surface area contributed by atoms with Crippen LogP contribution in [-0.4, -0.2) is 15.2 Å². The molecule has 0 saturated heterocycles. The van der Waals surface area contributed by atoms with Gasteiger partial charge in [0.05, 0.1) is 5.75 Å². The number of thioether (sulfide) groups is 1. The van der Waals surface area contributed by atoms with Gasteiger partial charge in [-0.15, -0.1) is 10.2 Å². The van der Waals surface area contributed by atoms with Gasteiger partial charge in [-0.25, -0.2) is 4.98 Å². The highest BCUT2D eigenvalue weighted by Crippen LogP contribution is 2.26. The molecule has 0 spiro atoms. The monoisotopic (exact) mass is 275 g/mol. The SMILES string of the molecule is CC(C)c1nnc(CSc2nc3ccccc3o2)o1. The van der Waals surface area contributed by atoms with Gasteiger partial charge in [-0.1, -0.05) is 37.7 Å². The molecule has 0 fully saturated rings. The van der Waals surface area contributed by atoms with Crippen LogP contribution in [0.2, 0.25) is 0 Å². The Labute approximate surface area is 114 Å². The first kappa shape index (κ1) is 12.2. The number of benzene rings is 1. The fourth-order valence-corrected chi connectivity index (χ4v) is 2.27. The quantitative estimate of drug-likeness (QED) is 0.677. The van der Waals surface area contributed by atoms with Crippen LogP contribution in [0, 0.1) is 0 Å². The normalized spacial score (nSPS) is 11.5. The second kappa shape index (κ2) is 5.05. The molecule has 2 aromatic heterocycles. The van der Waals surface area contributed by atoms with Gasteiger partial charge in [-0.2, -0.15) is 0 Å². The summed E-state index contributed by atoms with van der Waals surface area (Å²) in [4.78, 5) is 4.38. The van der Waals surface area contributed by atoms with Crippen molar-refractivity contribution in [2.75, 3.05) is 0 Å². The highest BCUT2D eigenvalue weighted by Gasteiger charge is 2.12. The van der Waals surface area contributed by atoms with Gasteiger partial charge in [0.15, 0.2) is 5.58 Å². The highest BCUT2D eigenvalue weighted by molar-refractivity contribution is 7.98. The topological polar surface area (TPSA) is 65.0 Å². The van der Waals surface area contributed by atoms with E-state index in [0.717, 1.165) is 11.1 Å². The third-order valence-corrected chi connectivity index (χ3v) is 3.38. The summed E-state index contributed by atoms with van der Waals surface area (Å²) in [6.45, 7) is 4.04. The Morgan fingerprint density at radius 2 is 2.00 bits per heavy atom. The predicted molar refractivity (Wildman–Crippen MR) is 72.0 cm³/mol. The number of nitrogens with zero attached hydrogens (tertiary/aromatic N) is 3. The first-order chi connectivity index (χ1) is 9.22. The van der Waals surface area contributed by atoms with Crippen LogP contribution in [0.5, 0.6) is 0 Å². The van der Waals surface area contributed by atoms with Crippen molar-refractivity contribution < 1.29 is 8.83 Å². The molecule has 0 unspecified atom stereocenters. The molecule has 3 aromatic rings. The molecule has 2 heterocycles. The molecule has 0 N–H and O–H groups in total. The largest absolute Gasteiger partial charge is 0.431 e. The third-order valence-electron chi connectivity index (χ3n) is 2.57.